The van der Waals surface area contributed by atoms with E-state index in [-0.39, 0.29) is 18.1 Å². The first-order valence-corrected chi connectivity index (χ1v) is 6.20. The molecule has 0 aromatic heterocycles. The van der Waals surface area contributed by atoms with Gasteiger partial charge in [-0.3, -0.25) is 4.79 Å². The number of hydrogen-bond donors (Lipinski definition) is 2. The van der Waals surface area contributed by atoms with E-state index in [0.29, 0.717) is 13.1 Å². The molecule has 0 fully saturated rings. The Hall–Kier alpha value is -1.39. The van der Waals surface area contributed by atoms with E-state index in [1.807, 2.05) is 44.2 Å². The first kappa shape index (κ1) is 14.7. The number of benzene rings is 1. The molecule has 1 amide bonds. The first-order valence-electron chi connectivity index (χ1n) is 6.20. The highest BCUT2D eigenvalue weighted by Crippen LogP contribution is 1.97. The summed E-state index contributed by atoms with van der Waals surface area (Å²) in [6.07, 6.45) is 0.0897. The SMILES string of the molecule is COC(C)C(C)NCC(=O)NCc1ccccc1. The fraction of sp³-hybridized carbons (Fsp3) is 0.500. The molecule has 2 N–H and O–H groups in total. The quantitative estimate of drug-likeness (QED) is 0.767. The van der Waals surface area contributed by atoms with Crippen molar-refractivity contribution in [1.29, 1.82) is 0 Å². The molecule has 0 radical (unpaired) electrons. The van der Waals surface area contributed by atoms with Gasteiger partial charge in [0, 0.05) is 19.7 Å². The third-order valence-corrected chi connectivity index (χ3v) is 2.99. The summed E-state index contributed by atoms with van der Waals surface area (Å²) >= 11 is 0. The van der Waals surface area contributed by atoms with Crippen LogP contribution in [0.5, 0.6) is 0 Å². The maximum atomic E-state index is 11.6. The summed E-state index contributed by atoms with van der Waals surface area (Å²) in [6.45, 7) is 4.84. The van der Waals surface area contributed by atoms with Crippen molar-refractivity contribution in [2.24, 2.45) is 0 Å². The van der Waals surface area contributed by atoms with Crippen molar-refractivity contribution in [1.82, 2.24) is 10.6 Å². The van der Waals surface area contributed by atoms with E-state index in [4.69, 9.17) is 4.74 Å². The van der Waals surface area contributed by atoms with E-state index >= 15 is 0 Å². The Labute approximate surface area is 109 Å². The summed E-state index contributed by atoms with van der Waals surface area (Å²) in [5, 5.41) is 6.00. The Morgan fingerprint density at radius 3 is 2.56 bits per heavy atom. The molecule has 0 aliphatic carbocycles. The average molecular weight is 250 g/mol. The zero-order valence-corrected chi connectivity index (χ0v) is 11.3. The van der Waals surface area contributed by atoms with E-state index in [1.165, 1.54) is 0 Å². The van der Waals surface area contributed by atoms with E-state index in [0.717, 1.165) is 5.56 Å². The molecule has 2 unspecified atom stereocenters. The number of methoxy groups -OCH3 is 1. The fourth-order valence-corrected chi connectivity index (χ4v) is 1.48. The lowest BCUT2D eigenvalue weighted by atomic mass is 10.2. The smallest absolute Gasteiger partial charge is 0.234 e. The van der Waals surface area contributed by atoms with Gasteiger partial charge in [-0.1, -0.05) is 30.3 Å². The van der Waals surface area contributed by atoms with Crippen LogP contribution in [0.2, 0.25) is 0 Å². The Kier molecular flexibility index (Phi) is 6.39. The Bertz CT molecular complexity index is 354. The highest BCUT2D eigenvalue weighted by atomic mass is 16.5. The van der Waals surface area contributed by atoms with Crippen LogP contribution in [0.4, 0.5) is 0 Å². The minimum atomic E-state index is -0.00555. The predicted molar refractivity (Wildman–Crippen MR) is 72.2 cm³/mol. The fourth-order valence-electron chi connectivity index (χ4n) is 1.48. The Balaban J connectivity index is 2.22. The first-order chi connectivity index (χ1) is 8.63. The predicted octanol–water partition coefficient (Wildman–Crippen LogP) is 1.32. The van der Waals surface area contributed by atoms with Crippen molar-refractivity contribution >= 4 is 5.91 Å². The molecule has 4 heteroatoms. The van der Waals surface area contributed by atoms with Crippen LogP contribution in [0.3, 0.4) is 0 Å². The van der Waals surface area contributed by atoms with Gasteiger partial charge in [0.15, 0.2) is 0 Å². The van der Waals surface area contributed by atoms with Gasteiger partial charge in [-0.25, -0.2) is 0 Å². The molecule has 0 saturated carbocycles. The zero-order chi connectivity index (χ0) is 13.4. The largest absolute Gasteiger partial charge is 0.380 e. The van der Waals surface area contributed by atoms with Crippen LogP contribution in [0, 0.1) is 0 Å². The highest BCUT2D eigenvalue weighted by molar-refractivity contribution is 5.78. The molecule has 0 bridgehead atoms. The highest BCUT2D eigenvalue weighted by Gasteiger charge is 2.11. The number of ether oxygens (including phenoxy) is 1. The van der Waals surface area contributed by atoms with Gasteiger partial charge in [-0.2, -0.15) is 0 Å². The number of rotatable bonds is 7. The number of nitrogens with one attached hydrogen (secondary N) is 2. The van der Waals surface area contributed by atoms with Gasteiger partial charge in [-0.05, 0) is 19.4 Å². The van der Waals surface area contributed by atoms with E-state index < -0.39 is 0 Å². The van der Waals surface area contributed by atoms with Crippen molar-refractivity contribution in [3.05, 3.63) is 35.9 Å². The summed E-state index contributed by atoms with van der Waals surface area (Å²) in [4.78, 5) is 11.6. The maximum absolute atomic E-state index is 11.6. The third-order valence-electron chi connectivity index (χ3n) is 2.99. The molecule has 1 rings (SSSR count). The normalized spacial score (nSPS) is 13.9. The van der Waals surface area contributed by atoms with Crippen LogP contribution < -0.4 is 10.6 Å². The summed E-state index contributed by atoms with van der Waals surface area (Å²) < 4.78 is 5.18. The molecule has 2 atom stereocenters. The minimum Gasteiger partial charge on any atom is -0.380 e. The second kappa shape index (κ2) is 7.84. The van der Waals surface area contributed by atoms with Crippen molar-refractivity contribution in [2.45, 2.75) is 32.5 Å². The van der Waals surface area contributed by atoms with Gasteiger partial charge in [0.1, 0.15) is 0 Å². The van der Waals surface area contributed by atoms with E-state index in [9.17, 15) is 4.79 Å². The summed E-state index contributed by atoms with van der Waals surface area (Å²) in [5.74, 6) is -0.00555. The molecular formula is C14H22N2O2. The summed E-state index contributed by atoms with van der Waals surface area (Å²) in [7, 11) is 1.67. The average Bonchev–Trinajstić information content (AvgIpc) is 2.42. The molecule has 18 heavy (non-hydrogen) atoms. The Morgan fingerprint density at radius 2 is 1.94 bits per heavy atom. The van der Waals surface area contributed by atoms with Gasteiger partial charge < -0.3 is 15.4 Å². The molecule has 4 nitrogen and oxygen atoms in total. The Morgan fingerprint density at radius 1 is 1.28 bits per heavy atom. The standard InChI is InChI=1S/C14H22N2O2/c1-11(12(2)18-3)15-10-14(17)16-9-13-7-5-4-6-8-13/h4-8,11-12,15H,9-10H2,1-3H3,(H,16,17). The topological polar surface area (TPSA) is 50.4 Å². The third kappa shape index (κ3) is 5.29. The lowest BCUT2D eigenvalue weighted by molar-refractivity contribution is -0.120. The molecular weight excluding hydrogens is 228 g/mol. The van der Waals surface area contributed by atoms with Gasteiger partial charge in [-0.15, -0.1) is 0 Å². The molecule has 0 aliphatic heterocycles. The van der Waals surface area contributed by atoms with Crippen LogP contribution in [0.1, 0.15) is 19.4 Å². The second-order valence-electron chi connectivity index (χ2n) is 4.37. The van der Waals surface area contributed by atoms with Crippen LogP contribution in [-0.2, 0) is 16.1 Å². The maximum Gasteiger partial charge on any atom is 0.234 e. The molecule has 0 heterocycles. The van der Waals surface area contributed by atoms with Crippen LogP contribution in [0.15, 0.2) is 30.3 Å². The van der Waals surface area contributed by atoms with Crippen LogP contribution >= 0.6 is 0 Å². The number of hydrogen-bond acceptors (Lipinski definition) is 3. The molecule has 100 valence electrons. The zero-order valence-electron chi connectivity index (χ0n) is 11.3. The number of carbonyl (C=O) groups excluding carboxylic acids is 1. The molecule has 0 saturated heterocycles. The molecule has 1 aromatic rings. The van der Waals surface area contributed by atoms with Crippen molar-refractivity contribution in [3.8, 4) is 0 Å². The summed E-state index contributed by atoms with van der Waals surface area (Å²) in [5.41, 5.74) is 1.10. The van der Waals surface area contributed by atoms with E-state index in [1.54, 1.807) is 7.11 Å². The van der Waals surface area contributed by atoms with Gasteiger partial charge in [0.25, 0.3) is 0 Å². The summed E-state index contributed by atoms with van der Waals surface area (Å²) in [6, 6.07) is 10.0. The second-order valence-corrected chi connectivity index (χ2v) is 4.37. The van der Waals surface area contributed by atoms with E-state index in [2.05, 4.69) is 10.6 Å². The monoisotopic (exact) mass is 250 g/mol. The van der Waals surface area contributed by atoms with Gasteiger partial charge in [0.2, 0.25) is 5.91 Å². The molecule has 0 aliphatic rings. The van der Waals surface area contributed by atoms with Crippen molar-refractivity contribution < 1.29 is 9.53 Å². The van der Waals surface area contributed by atoms with Gasteiger partial charge >= 0.3 is 0 Å². The van der Waals surface area contributed by atoms with Crippen molar-refractivity contribution in [2.75, 3.05) is 13.7 Å². The minimum absolute atomic E-state index is 0.00555. The van der Waals surface area contributed by atoms with Crippen molar-refractivity contribution in [3.63, 3.8) is 0 Å². The van der Waals surface area contributed by atoms with Crippen LogP contribution in [-0.4, -0.2) is 31.7 Å². The van der Waals surface area contributed by atoms with Gasteiger partial charge in [0.05, 0.1) is 12.6 Å². The lowest BCUT2D eigenvalue weighted by Gasteiger charge is -2.19. The number of amides is 1. The molecule has 0 spiro atoms. The lowest BCUT2D eigenvalue weighted by Crippen LogP contribution is -2.42. The van der Waals surface area contributed by atoms with Crippen LogP contribution in [0.25, 0.3) is 0 Å². The molecule has 1 aromatic carbocycles. The number of carbonyl (C=O) groups is 1.